The second-order valence-electron chi connectivity index (χ2n) is 9.98. The monoisotopic (exact) mass is 367 g/mol. The topological polar surface area (TPSA) is 38.3 Å². The third-order valence-electron chi connectivity index (χ3n) is 10.0. The van der Waals surface area contributed by atoms with Gasteiger partial charge in [0.05, 0.1) is 43.6 Å². The second kappa shape index (κ2) is 4.71. The number of fused-ring (bicyclic) bond motifs is 1. The molecule has 5 aliphatic rings. The molecule has 27 heavy (non-hydrogen) atoms. The Morgan fingerprint density at radius 3 is 2.89 bits per heavy atom. The Labute approximate surface area is 161 Å². The van der Waals surface area contributed by atoms with Gasteiger partial charge in [-0.1, -0.05) is 25.1 Å². The molecule has 2 saturated carbocycles. The summed E-state index contributed by atoms with van der Waals surface area (Å²) in [6.45, 7) is 8.66. The zero-order valence-electron chi connectivity index (χ0n) is 16.8. The number of hydrogen-bond acceptors (Lipinski definition) is 3. The summed E-state index contributed by atoms with van der Waals surface area (Å²) < 4.78 is 6.66. The van der Waals surface area contributed by atoms with Crippen LogP contribution in [0.3, 0.4) is 0 Å². The van der Waals surface area contributed by atoms with Gasteiger partial charge >= 0.3 is 5.97 Å². The fraction of sp³-hybridized carbons (Fsp3) is 0.696. The Balaban J connectivity index is 1.68. The second-order valence-corrected chi connectivity index (χ2v) is 9.98. The summed E-state index contributed by atoms with van der Waals surface area (Å²) in [4.78, 5) is 13.1. The molecule has 7 atom stereocenters. The third-order valence-corrected chi connectivity index (χ3v) is 10.0. The standard InChI is InChI=1S/C23H31N2O2/c1-4-25-12-7-10-21-14-17(19(26)27-3)23(15(21)2)22(11-13-25,20(21)25)16-8-5-6-9-18(16)24-23/h5-6,8-9,15,17,20,24H,4,7,10-14H2,1-3H3/q+1/t15-,17+,20-,21-,22-,23+,25?/m1/s1. The molecule has 3 aliphatic heterocycles. The first-order valence-electron chi connectivity index (χ1n) is 10.8. The molecule has 3 spiro atoms. The highest BCUT2D eigenvalue weighted by Gasteiger charge is 2.90. The van der Waals surface area contributed by atoms with Crippen molar-refractivity contribution < 1.29 is 14.0 Å². The number of para-hydroxylation sites is 1. The van der Waals surface area contributed by atoms with Crippen LogP contribution >= 0.6 is 0 Å². The van der Waals surface area contributed by atoms with E-state index in [4.69, 9.17) is 4.74 Å². The minimum atomic E-state index is -0.173. The van der Waals surface area contributed by atoms with E-state index in [9.17, 15) is 4.79 Å². The van der Waals surface area contributed by atoms with Crippen LogP contribution in [0, 0.1) is 17.3 Å². The van der Waals surface area contributed by atoms with Gasteiger partial charge in [-0.15, -0.1) is 0 Å². The van der Waals surface area contributed by atoms with Crippen molar-refractivity contribution in [2.45, 2.75) is 56.5 Å². The molecular formula is C23H31N2O2+. The molecule has 144 valence electrons. The van der Waals surface area contributed by atoms with Gasteiger partial charge in [-0.2, -0.15) is 0 Å². The number of methoxy groups -OCH3 is 1. The Bertz CT molecular complexity index is 855. The molecule has 1 N–H and O–H groups in total. The number of esters is 1. The van der Waals surface area contributed by atoms with Gasteiger partial charge < -0.3 is 14.5 Å². The van der Waals surface area contributed by atoms with Crippen molar-refractivity contribution in [1.29, 1.82) is 0 Å². The fourth-order valence-electron chi connectivity index (χ4n) is 9.47. The average molecular weight is 368 g/mol. The Hall–Kier alpha value is -1.55. The van der Waals surface area contributed by atoms with Crippen molar-refractivity contribution in [3.63, 3.8) is 0 Å². The van der Waals surface area contributed by atoms with Crippen LogP contribution in [0.15, 0.2) is 24.3 Å². The summed E-state index contributed by atoms with van der Waals surface area (Å²) in [5, 5.41) is 4.02. The van der Waals surface area contributed by atoms with E-state index in [1.807, 2.05) is 0 Å². The molecular weight excluding hydrogens is 336 g/mol. The molecule has 0 amide bonds. The van der Waals surface area contributed by atoms with Crippen LogP contribution in [-0.2, 0) is 14.9 Å². The maximum absolute atomic E-state index is 13.1. The number of quaternary nitrogens is 1. The lowest BCUT2D eigenvalue weighted by Gasteiger charge is -2.55. The summed E-state index contributed by atoms with van der Waals surface area (Å²) in [5.74, 6) is 0.469. The van der Waals surface area contributed by atoms with Crippen LogP contribution in [0.4, 0.5) is 5.69 Å². The van der Waals surface area contributed by atoms with Gasteiger partial charge in [-0.25, -0.2) is 0 Å². The molecule has 6 rings (SSSR count). The molecule has 2 aliphatic carbocycles. The van der Waals surface area contributed by atoms with Gasteiger partial charge in [0.2, 0.25) is 0 Å². The highest BCUT2D eigenvalue weighted by Crippen LogP contribution is 2.81. The first-order chi connectivity index (χ1) is 13.0. The molecule has 4 fully saturated rings. The van der Waals surface area contributed by atoms with Crippen LogP contribution in [-0.4, -0.2) is 48.8 Å². The molecule has 4 heteroatoms. The quantitative estimate of drug-likeness (QED) is 0.644. The van der Waals surface area contributed by atoms with E-state index in [0.29, 0.717) is 12.0 Å². The number of anilines is 1. The molecule has 1 aromatic rings. The summed E-state index contributed by atoms with van der Waals surface area (Å²) in [5.41, 5.74) is 2.94. The molecule has 4 nitrogen and oxygen atoms in total. The highest BCUT2D eigenvalue weighted by atomic mass is 16.5. The van der Waals surface area contributed by atoms with Crippen LogP contribution in [0.2, 0.25) is 0 Å². The molecule has 1 aromatic carbocycles. The number of hydrogen-bond donors (Lipinski definition) is 1. The number of benzene rings is 1. The number of rotatable bonds is 2. The van der Waals surface area contributed by atoms with Crippen molar-refractivity contribution in [2.75, 3.05) is 32.1 Å². The predicted octanol–water partition coefficient (Wildman–Crippen LogP) is 3.32. The molecule has 0 aromatic heterocycles. The first kappa shape index (κ1) is 16.4. The minimum Gasteiger partial charge on any atom is -0.469 e. The highest BCUT2D eigenvalue weighted by molar-refractivity contribution is 5.82. The maximum atomic E-state index is 13.1. The molecule has 2 bridgehead atoms. The van der Waals surface area contributed by atoms with E-state index in [-0.39, 0.29) is 28.3 Å². The smallest absolute Gasteiger partial charge is 0.311 e. The van der Waals surface area contributed by atoms with Crippen LogP contribution in [0.1, 0.15) is 45.1 Å². The number of carbonyl (C=O) groups excluding carboxylic acids is 1. The van der Waals surface area contributed by atoms with Gasteiger partial charge in [0.15, 0.2) is 0 Å². The van der Waals surface area contributed by atoms with Crippen LogP contribution in [0.25, 0.3) is 0 Å². The summed E-state index contributed by atoms with van der Waals surface area (Å²) in [7, 11) is 1.57. The lowest BCUT2D eigenvalue weighted by molar-refractivity contribution is -0.952. The number of carbonyl (C=O) groups is 1. The van der Waals surface area contributed by atoms with E-state index in [1.54, 1.807) is 7.11 Å². The van der Waals surface area contributed by atoms with E-state index >= 15 is 0 Å². The molecule has 1 unspecified atom stereocenters. The van der Waals surface area contributed by atoms with E-state index in [2.05, 4.69) is 43.4 Å². The van der Waals surface area contributed by atoms with Gasteiger partial charge in [0, 0.05) is 17.5 Å². The number of likely N-dealkylation sites (N-methyl/N-ethyl adjacent to an activating group) is 1. The van der Waals surface area contributed by atoms with Crippen molar-refractivity contribution in [2.24, 2.45) is 17.3 Å². The van der Waals surface area contributed by atoms with Crippen LogP contribution in [0.5, 0.6) is 0 Å². The van der Waals surface area contributed by atoms with Crippen molar-refractivity contribution in [3.05, 3.63) is 29.8 Å². The molecule has 2 saturated heterocycles. The van der Waals surface area contributed by atoms with Crippen molar-refractivity contribution in [1.82, 2.24) is 0 Å². The van der Waals surface area contributed by atoms with Gasteiger partial charge in [-0.05, 0) is 43.7 Å². The van der Waals surface area contributed by atoms with Gasteiger partial charge in [0.25, 0.3) is 0 Å². The maximum Gasteiger partial charge on any atom is 0.311 e. The average Bonchev–Trinajstić information content (AvgIpc) is 3.34. The lowest BCUT2D eigenvalue weighted by Crippen LogP contribution is -2.68. The number of nitrogens with zero attached hydrogens (tertiary/aromatic N) is 1. The number of ether oxygens (including phenoxy) is 1. The van der Waals surface area contributed by atoms with Crippen LogP contribution < -0.4 is 5.32 Å². The van der Waals surface area contributed by atoms with Gasteiger partial charge in [0.1, 0.15) is 6.04 Å². The lowest BCUT2D eigenvalue weighted by atomic mass is 9.56. The number of nitrogens with one attached hydrogen (secondary N) is 1. The van der Waals surface area contributed by atoms with E-state index in [1.165, 1.54) is 54.6 Å². The predicted molar refractivity (Wildman–Crippen MR) is 104 cm³/mol. The zero-order chi connectivity index (χ0) is 18.7. The van der Waals surface area contributed by atoms with E-state index < -0.39 is 0 Å². The molecule has 3 heterocycles. The Morgan fingerprint density at radius 2 is 2.11 bits per heavy atom. The summed E-state index contributed by atoms with van der Waals surface area (Å²) >= 11 is 0. The van der Waals surface area contributed by atoms with Crippen molar-refractivity contribution in [3.8, 4) is 0 Å². The molecule has 0 radical (unpaired) electrons. The summed E-state index contributed by atoms with van der Waals surface area (Å²) in [6, 6.07) is 9.58. The zero-order valence-corrected chi connectivity index (χ0v) is 16.8. The summed E-state index contributed by atoms with van der Waals surface area (Å²) in [6.07, 6.45) is 4.79. The largest absolute Gasteiger partial charge is 0.469 e. The van der Waals surface area contributed by atoms with Gasteiger partial charge in [-0.3, -0.25) is 4.79 Å². The van der Waals surface area contributed by atoms with Crippen molar-refractivity contribution >= 4 is 11.7 Å². The Morgan fingerprint density at radius 1 is 1.30 bits per heavy atom. The first-order valence-corrected chi connectivity index (χ1v) is 10.8. The number of piperidine rings is 1. The normalized spacial score (nSPS) is 50.7. The third kappa shape index (κ3) is 1.38. The minimum absolute atomic E-state index is 0.00364. The fourth-order valence-corrected chi connectivity index (χ4v) is 9.47. The Kier molecular flexibility index (Phi) is 2.86. The SMILES string of the molecule is CC[N+]12CCC[C@]34C[C@@H](C(=O)OC)[C@@]5(Nc6ccccc6[C@]5(CC1)[C@@H]32)[C@@H]4C. The van der Waals surface area contributed by atoms with E-state index in [0.717, 1.165) is 6.42 Å².